The van der Waals surface area contributed by atoms with E-state index in [-0.39, 0.29) is 29.4 Å². The van der Waals surface area contributed by atoms with Crippen molar-refractivity contribution in [3.05, 3.63) is 46.7 Å². The fourth-order valence-corrected chi connectivity index (χ4v) is 3.88. The predicted molar refractivity (Wildman–Crippen MR) is 86.1 cm³/mol. The summed E-state index contributed by atoms with van der Waals surface area (Å²) in [4.78, 5) is 4.02. The smallest absolute Gasteiger partial charge is 0.200 e. The van der Waals surface area contributed by atoms with Gasteiger partial charge in [-0.15, -0.1) is 0 Å². The van der Waals surface area contributed by atoms with E-state index in [1.54, 1.807) is 12.3 Å². The second-order valence-electron chi connectivity index (χ2n) is 6.07. The van der Waals surface area contributed by atoms with Crippen molar-refractivity contribution in [2.45, 2.75) is 18.4 Å². The Kier molecular flexibility index (Phi) is 3.54. The van der Waals surface area contributed by atoms with Gasteiger partial charge in [-0.25, -0.2) is 4.98 Å². The molecule has 2 aliphatic rings. The van der Waals surface area contributed by atoms with Gasteiger partial charge in [0.2, 0.25) is 5.75 Å². The minimum atomic E-state index is -0.220. The number of halogens is 1. The number of nitrogens with one attached hydrogen (secondary N) is 1. The number of benzene rings is 1. The van der Waals surface area contributed by atoms with Gasteiger partial charge in [-0.3, -0.25) is 0 Å². The van der Waals surface area contributed by atoms with Gasteiger partial charge in [-0.2, -0.15) is 0 Å². The first-order valence-corrected chi connectivity index (χ1v) is 8.06. The molecule has 2 aromatic rings. The molecule has 120 valence electrons. The van der Waals surface area contributed by atoms with E-state index >= 15 is 0 Å². The summed E-state index contributed by atoms with van der Waals surface area (Å²) in [5, 5.41) is 23.8. The van der Waals surface area contributed by atoms with Gasteiger partial charge in [-0.05, 0) is 36.7 Å². The minimum absolute atomic E-state index is 0.169. The summed E-state index contributed by atoms with van der Waals surface area (Å²) in [6.07, 6.45) is 2.41. The molecule has 3 unspecified atom stereocenters. The third-order valence-corrected chi connectivity index (χ3v) is 5.00. The van der Waals surface area contributed by atoms with Gasteiger partial charge in [-0.1, -0.05) is 17.7 Å². The number of nitrogens with zero attached hydrogens (tertiary/aromatic N) is 1. The van der Waals surface area contributed by atoms with Gasteiger partial charge >= 0.3 is 0 Å². The molecule has 1 fully saturated rings. The summed E-state index contributed by atoms with van der Waals surface area (Å²) in [7, 11) is 0. The van der Waals surface area contributed by atoms with E-state index < -0.39 is 0 Å². The van der Waals surface area contributed by atoms with Crippen LogP contribution in [0.3, 0.4) is 0 Å². The van der Waals surface area contributed by atoms with E-state index in [1.807, 2.05) is 12.1 Å². The number of pyridine rings is 1. The lowest BCUT2D eigenvalue weighted by molar-refractivity contribution is 0.0697. The fraction of sp³-hybridized carbons (Fsp3) is 0.353. The monoisotopic (exact) mass is 332 g/mol. The quantitative estimate of drug-likeness (QED) is 0.553. The number of hydrogen-bond acceptors (Lipinski definition) is 5. The van der Waals surface area contributed by atoms with E-state index in [0.717, 1.165) is 30.6 Å². The van der Waals surface area contributed by atoms with Gasteiger partial charge < -0.3 is 20.3 Å². The maximum Gasteiger partial charge on any atom is 0.200 e. The maximum absolute atomic E-state index is 10.2. The fourth-order valence-electron chi connectivity index (χ4n) is 3.70. The molecule has 0 aliphatic carbocycles. The molecule has 0 bridgehead atoms. The second-order valence-corrected chi connectivity index (χ2v) is 6.45. The van der Waals surface area contributed by atoms with Crippen molar-refractivity contribution >= 4 is 11.6 Å². The van der Waals surface area contributed by atoms with Gasteiger partial charge in [0.1, 0.15) is 11.3 Å². The summed E-state index contributed by atoms with van der Waals surface area (Å²) < 4.78 is 6.13. The van der Waals surface area contributed by atoms with Gasteiger partial charge in [0.05, 0.1) is 0 Å². The zero-order valence-electron chi connectivity index (χ0n) is 12.4. The number of phenolic OH excluding ortho intramolecular Hbond substituents is 2. The highest BCUT2D eigenvalue weighted by atomic mass is 35.5. The van der Waals surface area contributed by atoms with Crippen LogP contribution in [0.5, 0.6) is 17.2 Å². The molecule has 6 heteroatoms. The van der Waals surface area contributed by atoms with E-state index in [4.69, 9.17) is 16.3 Å². The molecule has 0 saturated carbocycles. The largest absolute Gasteiger partial charge is 0.504 e. The summed E-state index contributed by atoms with van der Waals surface area (Å²) in [5.74, 6) is 0.504. The van der Waals surface area contributed by atoms with Crippen molar-refractivity contribution in [2.75, 3.05) is 13.1 Å². The SMILES string of the molecule is Oc1ccc2c(c1O)OC(c1ccnc(Cl)c1)C1CCNCC21. The Hall–Kier alpha value is -1.98. The molecule has 1 aromatic heterocycles. The van der Waals surface area contributed by atoms with Crippen LogP contribution in [0.25, 0.3) is 0 Å². The molecule has 23 heavy (non-hydrogen) atoms. The Labute approximate surface area is 138 Å². The highest BCUT2D eigenvalue weighted by Crippen LogP contribution is 2.53. The van der Waals surface area contributed by atoms with Crippen LogP contribution in [0.15, 0.2) is 30.5 Å². The third kappa shape index (κ3) is 2.40. The number of aromatic nitrogens is 1. The topological polar surface area (TPSA) is 74.6 Å². The van der Waals surface area contributed by atoms with Gasteiger partial charge in [0, 0.05) is 30.1 Å². The summed E-state index contributed by atoms with van der Waals surface area (Å²) in [6.45, 7) is 1.75. The summed E-state index contributed by atoms with van der Waals surface area (Å²) in [5.41, 5.74) is 1.88. The van der Waals surface area contributed by atoms with Crippen LogP contribution in [0.1, 0.15) is 29.6 Å². The maximum atomic E-state index is 10.2. The van der Waals surface area contributed by atoms with Crippen LogP contribution in [0.4, 0.5) is 0 Å². The van der Waals surface area contributed by atoms with Crippen molar-refractivity contribution in [3.8, 4) is 17.2 Å². The third-order valence-electron chi connectivity index (χ3n) is 4.79. The average Bonchev–Trinajstić information content (AvgIpc) is 2.57. The van der Waals surface area contributed by atoms with Crippen LogP contribution in [-0.4, -0.2) is 28.3 Å². The highest BCUT2D eigenvalue weighted by molar-refractivity contribution is 6.29. The van der Waals surface area contributed by atoms with Gasteiger partial charge in [0.25, 0.3) is 0 Å². The van der Waals surface area contributed by atoms with E-state index in [0.29, 0.717) is 10.9 Å². The zero-order chi connectivity index (χ0) is 16.0. The van der Waals surface area contributed by atoms with Crippen LogP contribution in [0, 0.1) is 5.92 Å². The molecule has 4 rings (SSSR count). The Morgan fingerprint density at radius 1 is 1.26 bits per heavy atom. The predicted octanol–water partition coefficient (Wildman–Crippen LogP) is 2.97. The molecular formula is C17H17ClN2O3. The number of phenols is 2. The first kappa shape index (κ1) is 14.6. The van der Waals surface area contributed by atoms with Crippen molar-refractivity contribution < 1.29 is 14.9 Å². The van der Waals surface area contributed by atoms with E-state index in [9.17, 15) is 10.2 Å². The minimum Gasteiger partial charge on any atom is -0.504 e. The van der Waals surface area contributed by atoms with Gasteiger partial charge in [0.15, 0.2) is 11.5 Å². The molecule has 5 nitrogen and oxygen atoms in total. The van der Waals surface area contributed by atoms with Crippen molar-refractivity contribution in [1.29, 1.82) is 0 Å². The number of piperidine rings is 1. The Balaban J connectivity index is 1.83. The zero-order valence-corrected chi connectivity index (χ0v) is 13.1. The number of rotatable bonds is 1. The molecule has 3 heterocycles. The first-order valence-electron chi connectivity index (χ1n) is 7.69. The standard InChI is InChI=1S/C17H17ClN2O3/c18-14-7-9(3-6-20-14)16-11-4-5-19-8-12(11)10-1-2-13(21)15(22)17(10)23-16/h1-3,6-7,11-12,16,19,21-22H,4-5,8H2. The molecule has 0 amide bonds. The summed E-state index contributed by atoms with van der Waals surface area (Å²) >= 11 is 6.03. The number of aromatic hydroxyl groups is 2. The summed E-state index contributed by atoms with van der Waals surface area (Å²) in [6, 6.07) is 7.05. The Morgan fingerprint density at radius 2 is 2.13 bits per heavy atom. The molecule has 1 saturated heterocycles. The lowest BCUT2D eigenvalue weighted by Crippen LogP contribution is -2.41. The molecule has 0 radical (unpaired) electrons. The Bertz CT molecular complexity index is 753. The lowest BCUT2D eigenvalue weighted by atomic mass is 9.74. The van der Waals surface area contributed by atoms with Crippen molar-refractivity contribution in [3.63, 3.8) is 0 Å². The van der Waals surface area contributed by atoms with Crippen molar-refractivity contribution in [1.82, 2.24) is 10.3 Å². The van der Waals surface area contributed by atoms with E-state index in [1.165, 1.54) is 6.07 Å². The Morgan fingerprint density at radius 3 is 2.96 bits per heavy atom. The lowest BCUT2D eigenvalue weighted by Gasteiger charge is -2.43. The molecule has 2 aliphatic heterocycles. The van der Waals surface area contributed by atoms with E-state index in [2.05, 4.69) is 10.3 Å². The average molecular weight is 333 g/mol. The highest BCUT2D eigenvalue weighted by Gasteiger charge is 2.42. The number of fused-ring (bicyclic) bond motifs is 3. The molecular weight excluding hydrogens is 316 g/mol. The van der Waals surface area contributed by atoms with Crippen LogP contribution < -0.4 is 10.1 Å². The molecule has 3 N–H and O–H groups in total. The second kappa shape index (κ2) is 5.58. The normalized spacial score (nSPS) is 26.0. The molecule has 3 atom stereocenters. The molecule has 1 aromatic carbocycles. The van der Waals surface area contributed by atoms with Crippen LogP contribution >= 0.6 is 11.6 Å². The number of hydrogen-bond donors (Lipinski definition) is 3. The molecule has 0 spiro atoms. The van der Waals surface area contributed by atoms with Crippen molar-refractivity contribution in [2.24, 2.45) is 5.92 Å². The van der Waals surface area contributed by atoms with Crippen LogP contribution in [-0.2, 0) is 0 Å². The first-order chi connectivity index (χ1) is 11.1. The number of ether oxygens (including phenoxy) is 1. The van der Waals surface area contributed by atoms with Crippen LogP contribution in [0.2, 0.25) is 5.15 Å².